The predicted octanol–water partition coefficient (Wildman–Crippen LogP) is 0.409. The van der Waals surface area contributed by atoms with Gasteiger partial charge >= 0.3 is 0 Å². The summed E-state index contributed by atoms with van der Waals surface area (Å²) < 4.78 is 4.93. The third-order valence-corrected chi connectivity index (χ3v) is 1.48. The molecule has 0 spiro atoms. The summed E-state index contributed by atoms with van der Waals surface area (Å²) >= 11 is 0. The van der Waals surface area contributed by atoms with Crippen LogP contribution in [0.25, 0.3) is 0 Å². The van der Waals surface area contributed by atoms with E-state index < -0.39 is 11.6 Å². The minimum absolute atomic E-state index is 0.316. The molecule has 0 aromatic heterocycles. The highest BCUT2D eigenvalue weighted by Gasteiger charge is 2.45. The molecule has 1 aliphatic heterocycles. The first-order valence-corrected chi connectivity index (χ1v) is 3.12. The first-order chi connectivity index (χ1) is 4.47. The molecule has 0 aliphatic carbocycles. The standard InChI is InChI=1S/C6H12O4/c1-5(7)4-6(2,8-3)10-9-5/h7H,4H2,1-3H3/t5-,6+/m0/s1. The van der Waals surface area contributed by atoms with Crippen LogP contribution < -0.4 is 0 Å². The van der Waals surface area contributed by atoms with Gasteiger partial charge in [0.2, 0.25) is 11.6 Å². The second kappa shape index (κ2) is 2.17. The zero-order chi connectivity index (χ0) is 7.83. The van der Waals surface area contributed by atoms with Crippen molar-refractivity contribution >= 4 is 0 Å². The molecule has 10 heavy (non-hydrogen) atoms. The largest absolute Gasteiger partial charge is 0.363 e. The maximum Gasteiger partial charge on any atom is 0.203 e. The number of rotatable bonds is 1. The van der Waals surface area contributed by atoms with Gasteiger partial charge in [-0.05, 0) is 13.8 Å². The van der Waals surface area contributed by atoms with E-state index in [0.29, 0.717) is 6.42 Å². The fourth-order valence-electron chi connectivity index (χ4n) is 0.939. The summed E-state index contributed by atoms with van der Waals surface area (Å²) in [6.07, 6.45) is 0.316. The summed E-state index contributed by atoms with van der Waals surface area (Å²) in [6.45, 7) is 3.23. The van der Waals surface area contributed by atoms with E-state index in [4.69, 9.17) is 9.62 Å². The van der Waals surface area contributed by atoms with Crippen LogP contribution in [-0.4, -0.2) is 23.8 Å². The molecule has 0 bridgehead atoms. The third kappa shape index (κ3) is 1.46. The molecule has 4 nitrogen and oxygen atoms in total. The normalized spacial score (nSPS) is 48.0. The Morgan fingerprint density at radius 3 is 2.20 bits per heavy atom. The molecule has 0 unspecified atom stereocenters. The SMILES string of the molecule is CO[C@@]1(C)C[C@@](C)(O)OO1. The van der Waals surface area contributed by atoms with Gasteiger partial charge in [0.1, 0.15) is 0 Å². The molecule has 1 fully saturated rings. The number of aliphatic hydroxyl groups is 1. The van der Waals surface area contributed by atoms with Crippen LogP contribution in [-0.2, 0) is 14.5 Å². The van der Waals surface area contributed by atoms with Crippen LogP contribution in [0.4, 0.5) is 0 Å². The van der Waals surface area contributed by atoms with Crippen LogP contribution >= 0.6 is 0 Å². The van der Waals surface area contributed by atoms with E-state index in [-0.39, 0.29) is 0 Å². The van der Waals surface area contributed by atoms with Crippen LogP contribution in [0, 0.1) is 0 Å². The molecule has 0 radical (unpaired) electrons. The van der Waals surface area contributed by atoms with Crippen molar-refractivity contribution in [2.75, 3.05) is 7.11 Å². The molecule has 2 atom stereocenters. The number of ether oxygens (including phenoxy) is 1. The Hall–Kier alpha value is -0.160. The summed E-state index contributed by atoms with van der Waals surface area (Å²) in [5, 5.41) is 9.23. The topological polar surface area (TPSA) is 47.9 Å². The summed E-state index contributed by atoms with van der Waals surface area (Å²) in [7, 11) is 1.50. The van der Waals surface area contributed by atoms with E-state index in [2.05, 4.69) is 4.89 Å². The lowest BCUT2D eigenvalue weighted by molar-refractivity contribution is -0.418. The first kappa shape index (κ1) is 7.94. The zero-order valence-electron chi connectivity index (χ0n) is 6.38. The van der Waals surface area contributed by atoms with E-state index in [1.54, 1.807) is 6.92 Å². The molecule has 0 amide bonds. The van der Waals surface area contributed by atoms with Crippen molar-refractivity contribution in [3.8, 4) is 0 Å². The Bertz CT molecular complexity index is 134. The molecule has 0 aromatic carbocycles. The molecule has 0 aromatic rings. The van der Waals surface area contributed by atoms with Gasteiger partial charge in [-0.2, -0.15) is 9.78 Å². The molecule has 1 aliphatic rings. The Morgan fingerprint density at radius 2 is 2.00 bits per heavy atom. The molecular formula is C6H12O4. The number of hydrogen-bond donors (Lipinski definition) is 1. The zero-order valence-corrected chi connectivity index (χ0v) is 6.38. The summed E-state index contributed by atoms with van der Waals surface area (Å²) in [6, 6.07) is 0. The van der Waals surface area contributed by atoms with Gasteiger partial charge in [0.15, 0.2) is 0 Å². The van der Waals surface area contributed by atoms with Crippen LogP contribution in [0.5, 0.6) is 0 Å². The van der Waals surface area contributed by atoms with Gasteiger partial charge in [-0.1, -0.05) is 0 Å². The van der Waals surface area contributed by atoms with Crippen molar-refractivity contribution in [1.29, 1.82) is 0 Å². The molecule has 1 saturated heterocycles. The van der Waals surface area contributed by atoms with Crippen LogP contribution in [0.15, 0.2) is 0 Å². The minimum Gasteiger partial charge on any atom is -0.363 e. The van der Waals surface area contributed by atoms with Crippen LogP contribution in [0.1, 0.15) is 20.3 Å². The van der Waals surface area contributed by atoms with Crippen molar-refractivity contribution in [1.82, 2.24) is 0 Å². The second-order valence-corrected chi connectivity index (χ2v) is 2.86. The van der Waals surface area contributed by atoms with Crippen LogP contribution in [0.2, 0.25) is 0 Å². The van der Waals surface area contributed by atoms with Gasteiger partial charge in [0.05, 0.1) is 6.42 Å². The molecule has 1 N–H and O–H groups in total. The molecule has 1 rings (SSSR count). The molecular weight excluding hydrogens is 136 g/mol. The lowest BCUT2D eigenvalue weighted by atomic mass is 10.1. The van der Waals surface area contributed by atoms with E-state index in [1.807, 2.05) is 0 Å². The Balaban J connectivity index is 2.57. The average Bonchev–Trinajstić information content (AvgIpc) is 2.08. The highest BCUT2D eigenvalue weighted by molar-refractivity contribution is 4.74. The van der Waals surface area contributed by atoms with Crippen molar-refractivity contribution < 1.29 is 19.6 Å². The lowest BCUT2D eigenvalue weighted by Gasteiger charge is -2.17. The van der Waals surface area contributed by atoms with Gasteiger partial charge < -0.3 is 9.84 Å². The smallest absolute Gasteiger partial charge is 0.203 e. The number of methoxy groups -OCH3 is 1. The van der Waals surface area contributed by atoms with Gasteiger partial charge in [-0.3, -0.25) is 0 Å². The Labute approximate surface area is 59.6 Å². The minimum atomic E-state index is -1.22. The predicted molar refractivity (Wildman–Crippen MR) is 32.8 cm³/mol. The van der Waals surface area contributed by atoms with Gasteiger partial charge in [-0.25, -0.2) is 0 Å². The fraction of sp³-hybridized carbons (Fsp3) is 1.00. The molecule has 1 heterocycles. The van der Waals surface area contributed by atoms with E-state index >= 15 is 0 Å². The van der Waals surface area contributed by atoms with Crippen LogP contribution in [0.3, 0.4) is 0 Å². The Morgan fingerprint density at radius 1 is 1.40 bits per heavy atom. The van der Waals surface area contributed by atoms with Gasteiger partial charge in [-0.15, -0.1) is 0 Å². The maximum absolute atomic E-state index is 9.23. The summed E-state index contributed by atoms with van der Waals surface area (Å²) in [4.78, 5) is 9.31. The van der Waals surface area contributed by atoms with Crippen molar-refractivity contribution in [2.24, 2.45) is 0 Å². The van der Waals surface area contributed by atoms with Crippen molar-refractivity contribution in [3.63, 3.8) is 0 Å². The molecule has 4 heteroatoms. The highest BCUT2D eigenvalue weighted by atomic mass is 17.3. The van der Waals surface area contributed by atoms with Crippen molar-refractivity contribution in [2.45, 2.75) is 31.8 Å². The summed E-state index contributed by atoms with van der Waals surface area (Å²) in [5.41, 5.74) is 0. The first-order valence-electron chi connectivity index (χ1n) is 3.12. The van der Waals surface area contributed by atoms with E-state index in [1.165, 1.54) is 14.0 Å². The monoisotopic (exact) mass is 148 g/mol. The van der Waals surface area contributed by atoms with Gasteiger partial charge in [0, 0.05) is 7.11 Å². The quantitative estimate of drug-likeness (QED) is 0.547. The average molecular weight is 148 g/mol. The van der Waals surface area contributed by atoms with Crippen molar-refractivity contribution in [3.05, 3.63) is 0 Å². The molecule has 60 valence electrons. The Kier molecular flexibility index (Phi) is 1.72. The number of hydrogen-bond acceptors (Lipinski definition) is 4. The van der Waals surface area contributed by atoms with E-state index in [9.17, 15) is 5.11 Å². The van der Waals surface area contributed by atoms with Gasteiger partial charge in [0.25, 0.3) is 0 Å². The van der Waals surface area contributed by atoms with E-state index in [0.717, 1.165) is 0 Å². The highest BCUT2D eigenvalue weighted by Crippen LogP contribution is 2.33. The molecule has 0 saturated carbocycles. The second-order valence-electron chi connectivity index (χ2n) is 2.86. The summed E-state index contributed by atoms with van der Waals surface area (Å²) in [5.74, 6) is -2.02. The maximum atomic E-state index is 9.23. The fourth-order valence-corrected chi connectivity index (χ4v) is 0.939. The third-order valence-electron chi connectivity index (χ3n) is 1.48. The lowest BCUT2D eigenvalue weighted by Crippen LogP contribution is -2.29.